The second-order valence-corrected chi connectivity index (χ2v) is 4.07. The Labute approximate surface area is 97.5 Å². The van der Waals surface area contributed by atoms with Gasteiger partial charge in [-0.25, -0.2) is 9.59 Å². The number of anilines is 1. The molecule has 1 atom stereocenters. The van der Waals surface area contributed by atoms with Gasteiger partial charge in [0.1, 0.15) is 6.04 Å². The Kier molecular flexibility index (Phi) is 4.78. The van der Waals surface area contributed by atoms with Gasteiger partial charge < -0.3 is 15.7 Å². The highest BCUT2D eigenvalue weighted by atomic mass is 32.1. The lowest BCUT2D eigenvalue weighted by Gasteiger charge is -2.13. The molecule has 6 heteroatoms. The van der Waals surface area contributed by atoms with Gasteiger partial charge in [-0.15, -0.1) is 0 Å². The maximum absolute atomic E-state index is 11.4. The van der Waals surface area contributed by atoms with Crippen LogP contribution in [0.4, 0.5) is 10.5 Å². The molecule has 0 aliphatic heterocycles. The second-order valence-electron chi connectivity index (χ2n) is 3.29. The minimum atomic E-state index is -1.01. The van der Waals surface area contributed by atoms with Crippen molar-refractivity contribution < 1.29 is 14.7 Å². The Balaban J connectivity index is 2.45. The molecule has 0 radical (unpaired) electrons. The molecule has 0 fully saturated rings. The predicted octanol–water partition coefficient (Wildman–Crippen LogP) is 2.12. The van der Waals surface area contributed by atoms with Crippen molar-refractivity contribution in [2.24, 2.45) is 0 Å². The van der Waals surface area contributed by atoms with Crippen LogP contribution in [0.5, 0.6) is 0 Å². The zero-order chi connectivity index (χ0) is 12.0. The smallest absolute Gasteiger partial charge is 0.326 e. The van der Waals surface area contributed by atoms with Gasteiger partial charge >= 0.3 is 12.0 Å². The molecular weight excluding hydrogens is 228 g/mol. The Hall–Kier alpha value is -1.56. The number of carbonyl (C=O) groups is 2. The normalized spacial score (nSPS) is 11.8. The standard InChI is InChI=1S/C10H14N2O3S/c1-2-3-8(9(13)14)12-10(15)11-7-4-5-16-6-7/h4-6,8H,2-3H2,1H3,(H,13,14)(H2,11,12,15)/t8-/m0/s1. The van der Waals surface area contributed by atoms with Crippen LogP contribution in [0.1, 0.15) is 19.8 Å². The average molecular weight is 242 g/mol. The number of nitrogens with one attached hydrogen (secondary N) is 2. The molecule has 0 bridgehead atoms. The number of hydrogen-bond donors (Lipinski definition) is 3. The highest BCUT2D eigenvalue weighted by molar-refractivity contribution is 7.08. The van der Waals surface area contributed by atoms with Crippen molar-refractivity contribution >= 4 is 29.0 Å². The molecule has 1 rings (SSSR count). The summed E-state index contributed by atoms with van der Waals surface area (Å²) in [7, 11) is 0. The van der Waals surface area contributed by atoms with Crippen molar-refractivity contribution in [1.29, 1.82) is 0 Å². The number of carbonyl (C=O) groups excluding carboxylic acids is 1. The first kappa shape index (κ1) is 12.5. The van der Waals surface area contributed by atoms with Crippen LogP contribution in [-0.4, -0.2) is 23.1 Å². The number of rotatable bonds is 5. The lowest BCUT2D eigenvalue weighted by atomic mass is 10.2. The summed E-state index contributed by atoms with van der Waals surface area (Å²) in [6, 6.07) is 0.433. The Morgan fingerprint density at radius 1 is 1.56 bits per heavy atom. The molecule has 88 valence electrons. The zero-order valence-corrected chi connectivity index (χ0v) is 9.71. The monoisotopic (exact) mass is 242 g/mol. The number of carboxylic acids is 1. The number of urea groups is 1. The van der Waals surface area contributed by atoms with Gasteiger partial charge in [-0.05, 0) is 17.9 Å². The summed E-state index contributed by atoms with van der Waals surface area (Å²) in [5.74, 6) is -1.01. The van der Waals surface area contributed by atoms with Gasteiger partial charge in [-0.3, -0.25) is 0 Å². The van der Waals surface area contributed by atoms with Crippen molar-refractivity contribution in [3.8, 4) is 0 Å². The van der Waals surface area contributed by atoms with Crippen molar-refractivity contribution in [2.45, 2.75) is 25.8 Å². The SMILES string of the molecule is CCC[C@H](NC(=O)Nc1ccsc1)C(=O)O. The Morgan fingerprint density at radius 2 is 2.31 bits per heavy atom. The molecule has 0 aliphatic carbocycles. The number of carboxylic acid groups (broad SMARTS) is 1. The third-order valence-electron chi connectivity index (χ3n) is 1.96. The van der Waals surface area contributed by atoms with Gasteiger partial charge in [0.15, 0.2) is 0 Å². The summed E-state index contributed by atoms with van der Waals surface area (Å²) >= 11 is 1.46. The molecule has 16 heavy (non-hydrogen) atoms. The summed E-state index contributed by atoms with van der Waals surface area (Å²) < 4.78 is 0. The molecule has 0 saturated carbocycles. The van der Waals surface area contributed by atoms with Crippen LogP contribution in [0.15, 0.2) is 16.8 Å². The summed E-state index contributed by atoms with van der Waals surface area (Å²) in [5, 5.41) is 17.4. The Bertz CT molecular complexity index is 351. The van der Waals surface area contributed by atoms with Crippen molar-refractivity contribution in [3.05, 3.63) is 16.8 Å². The summed E-state index contributed by atoms with van der Waals surface area (Å²) in [6.07, 6.45) is 1.13. The molecule has 0 aromatic carbocycles. The molecular formula is C10H14N2O3S. The highest BCUT2D eigenvalue weighted by Crippen LogP contribution is 2.11. The third kappa shape index (κ3) is 3.90. The van der Waals surface area contributed by atoms with Gasteiger partial charge in [0.2, 0.25) is 0 Å². The van der Waals surface area contributed by atoms with Gasteiger partial charge in [0, 0.05) is 5.38 Å². The predicted molar refractivity (Wildman–Crippen MR) is 62.8 cm³/mol. The van der Waals surface area contributed by atoms with Crippen LogP contribution in [0.25, 0.3) is 0 Å². The average Bonchev–Trinajstić information content (AvgIpc) is 2.69. The van der Waals surface area contributed by atoms with Crippen LogP contribution in [0.2, 0.25) is 0 Å². The first-order valence-corrected chi connectivity index (χ1v) is 5.90. The van der Waals surface area contributed by atoms with E-state index in [0.717, 1.165) is 0 Å². The summed E-state index contributed by atoms with van der Waals surface area (Å²) in [5.41, 5.74) is 0.670. The Morgan fingerprint density at radius 3 is 2.81 bits per heavy atom. The topological polar surface area (TPSA) is 78.4 Å². The van der Waals surface area contributed by atoms with Crippen LogP contribution in [0.3, 0.4) is 0 Å². The van der Waals surface area contributed by atoms with E-state index in [1.807, 2.05) is 12.3 Å². The fourth-order valence-electron chi connectivity index (χ4n) is 1.21. The van der Waals surface area contributed by atoms with E-state index >= 15 is 0 Å². The molecule has 0 saturated heterocycles. The second kappa shape index (κ2) is 6.12. The van der Waals surface area contributed by atoms with Crippen molar-refractivity contribution in [2.75, 3.05) is 5.32 Å². The number of amides is 2. The van der Waals surface area contributed by atoms with Crippen LogP contribution in [0, 0.1) is 0 Å². The molecule has 0 unspecified atom stereocenters. The fourth-order valence-corrected chi connectivity index (χ4v) is 1.79. The van der Waals surface area contributed by atoms with E-state index in [1.165, 1.54) is 11.3 Å². The largest absolute Gasteiger partial charge is 0.480 e. The van der Waals surface area contributed by atoms with E-state index < -0.39 is 18.0 Å². The van der Waals surface area contributed by atoms with Gasteiger partial charge in [0.05, 0.1) is 5.69 Å². The van der Waals surface area contributed by atoms with E-state index in [9.17, 15) is 9.59 Å². The molecule has 3 N–H and O–H groups in total. The first-order chi connectivity index (χ1) is 7.63. The van der Waals surface area contributed by atoms with Crippen LogP contribution >= 0.6 is 11.3 Å². The summed E-state index contributed by atoms with van der Waals surface area (Å²) in [6.45, 7) is 1.87. The lowest BCUT2D eigenvalue weighted by Crippen LogP contribution is -2.42. The van der Waals surface area contributed by atoms with E-state index in [1.54, 1.807) is 11.4 Å². The zero-order valence-electron chi connectivity index (χ0n) is 8.90. The molecule has 0 aliphatic rings. The van der Waals surface area contributed by atoms with E-state index in [0.29, 0.717) is 18.5 Å². The minimum Gasteiger partial charge on any atom is -0.480 e. The maximum Gasteiger partial charge on any atom is 0.326 e. The number of hydrogen-bond acceptors (Lipinski definition) is 3. The van der Waals surface area contributed by atoms with Crippen LogP contribution in [-0.2, 0) is 4.79 Å². The third-order valence-corrected chi connectivity index (χ3v) is 2.64. The highest BCUT2D eigenvalue weighted by Gasteiger charge is 2.18. The molecule has 1 aromatic heterocycles. The van der Waals surface area contributed by atoms with Gasteiger partial charge in [-0.1, -0.05) is 13.3 Å². The van der Waals surface area contributed by atoms with E-state index in [4.69, 9.17) is 5.11 Å². The van der Waals surface area contributed by atoms with Crippen molar-refractivity contribution in [1.82, 2.24) is 5.32 Å². The van der Waals surface area contributed by atoms with E-state index in [2.05, 4.69) is 10.6 Å². The first-order valence-electron chi connectivity index (χ1n) is 4.96. The van der Waals surface area contributed by atoms with E-state index in [-0.39, 0.29) is 0 Å². The molecule has 5 nitrogen and oxygen atoms in total. The molecule has 1 aromatic rings. The summed E-state index contributed by atoms with van der Waals surface area (Å²) in [4.78, 5) is 22.2. The number of aliphatic carboxylic acids is 1. The number of thiophene rings is 1. The fraction of sp³-hybridized carbons (Fsp3) is 0.400. The lowest BCUT2D eigenvalue weighted by molar-refractivity contribution is -0.139. The van der Waals surface area contributed by atoms with Gasteiger partial charge in [0.25, 0.3) is 0 Å². The van der Waals surface area contributed by atoms with Crippen molar-refractivity contribution in [3.63, 3.8) is 0 Å². The quantitative estimate of drug-likeness (QED) is 0.740. The molecule has 2 amide bonds. The molecule has 1 heterocycles. The minimum absolute atomic E-state index is 0.423. The van der Waals surface area contributed by atoms with Crippen LogP contribution < -0.4 is 10.6 Å². The maximum atomic E-state index is 11.4. The molecule has 0 spiro atoms. The van der Waals surface area contributed by atoms with Gasteiger partial charge in [-0.2, -0.15) is 11.3 Å².